The van der Waals surface area contributed by atoms with Gasteiger partial charge in [-0.1, -0.05) is 0 Å². The minimum absolute atomic E-state index is 0.0172. The van der Waals surface area contributed by atoms with Crippen LogP contribution in [0.1, 0.15) is 5.56 Å². The number of rotatable bonds is 2. The van der Waals surface area contributed by atoms with Crippen LogP contribution in [0.2, 0.25) is 0 Å². The molecular weight excluding hydrogens is 142 g/mol. The van der Waals surface area contributed by atoms with Crippen LogP contribution in [0.15, 0.2) is 18.3 Å². The topological polar surface area (TPSA) is 62.4 Å². The maximum absolute atomic E-state index is 8.76. The summed E-state index contributed by atoms with van der Waals surface area (Å²) in [6.07, 6.45) is 1.62. The molecule has 4 nitrogen and oxygen atoms in total. The SMILES string of the molecule is CN(N)c1cc(CO)ccn1. The molecule has 0 amide bonds. The van der Waals surface area contributed by atoms with Gasteiger partial charge < -0.3 is 5.11 Å². The molecule has 0 aliphatic heterocycles. The summed E-state index contributed by atoms with van der Waals surface area (Å²) in [5.41, 5.74) is 0.812. The van der Waals surface area contributed by atoms with Gasteiger partial charge in [0, 0.05) is 13.2 Å². The third-order valence-corrected chi connectivity index (χ3v) is 1.35. The summed E-state index contributed by atoms with van der Waals surface area (Å²) in [5, 5.41) is 10.2. The average Bonchev–Trinajstić information content (AvgIpc) is 2.05. The second kappa shape index (κ2) is 3.32. The molecule has 0 saturated heterocycles. The summed E-state index contributed by atoms with van der Waals surface area (Å²) in [7, 11) is 1.70. The Balaban J connectivity index is 2.91. The zero-order valence-corrected chi connectivity index (χ0v) is 6.36. The van der Waals surface area contributed by atoms with Gasteiger partial charge in [-0.3, -0.25) is 5.01 Å². The fourth-order valence-electron chi connectivity index (χ4n) is 0.752. The lowest BCUT2D eigenvalue weighted by Crippen LogP contribution is -2.26. The van der Waals surface area contributed by atoms with Crippen molar-refractivity contribution in [3.8, 4) is 0 Å². The first-order chi connectivity index (χ1) is 5.24. The Morgan fingerprint density at radius 3 is 3.00 bits per heavy atom. The molecule has 60 valence electrons. The van der Waals surface area contributed by atoms with Gasteiger partial charge in [-0.25, -0.2) is 10.8 Å². The lowest BCUT2D eigenvalue weighted by Gasteiger charge is -2.10. The van der Waals surface area contributed by atoms with E-state index >= 15 is 0 Å². The Kier molecular flexibility index (Phi) is 2.40. The first-order valence-corrected chi connectivity index (χ1v) is 3.28. The monoisotopic (exact) mass is 153 g/mol. The van der Waals surface area contributed by atoms with E-state index in [4.69, 9.17) is 10.9 Å². The van der Waals surface area contributed by atoms with Crippen LogP contribution in [0.4, 0.5) is 5.82 Å². The van der Waals surface area contributed by atoms with Crippen LogP contribution in [0.5, 0.6) is 0 Å². The third-order valence-electron chi connectivity index (χ3n) is 1.35. The van der Waals surface area contributed by atoms with Gasteiger partial charge in [0.15, 0.2) is 0 Å². The lowest BCUT2D eigenvalue weighted by molar-refractivity contribution is 0.281. The first-order valence-electron chi connectivity index (χ1n) is 3.28. The molecule has 3 N–H and O–H groups in total. The standard InChI is InChI=1S/C7H11N3O/c1-10(8)7-4-6(5-11)2-3-9-7/h2-4,11H,5,8H2,1H3. The van der Waals surface area contributed by atoms with E-state index in [9.17, 15) is 0 Å². The van der Waals surface area contributed by atoms with Crippen LogP contribution in [0, 0.1) is 0 Å². The minimum atomic E-state index is 0.0172. The number of anilines is 1. The number of pyridine rings is 1. The molecule has 11 heavy (non-hydrogen) atoms. The van der Waals surface area contributed by atoms with E-state index in [2.05, 4.69) is 4.98 Å². The second-order valence-electron chi connectivity index (χ2n) is 2.29. The highest BCUT2D eigenvalue weighted by Crippen LogP contribution is 2.07. The number of hydrogen-bond acceptors (Lipinski definition) is 4. The largest absolute Gasteiger partial charge is 0.392 e. The van der Waals surface area contributed by atoms with Gasteiger partial charge in [-0.2, -0.15) is 0 Å². The molecule has 0 aliphatic carbocycles. The zero-order chi connectivity index (χ0) is 8.27. The minimum Gasteiger partial charge on any atom is -0.392 e. The van der Waals surface area contributed by atoms with E-state index in [1.165, 1.54) is 5.01 Å². The van der Waals surface area contributed by atoms with Crippen LogP contribution in [-0.2, 0) is 6.61 Å². The Labute approximate surface area is 65.2 Å². The summed E-state index contributed by atoms with van der Waals surface area (Å²) < 4.78 is 0. The summed E-state index contributed by atoms with van der Waals surface area (Å²) in [4.78, 5) is 3.98. The highest BCUT2D eigenvalue weighted by molar-refractivity contribution is 5.37. The molecule has 0 saturated carbocycles. The molecule has 0 atom stereocenters. The lowest BCUT2D eigenvalue weighted by atomic mass is 10.3. The fraction of sp³-hybridized carbons (Fsp3) is 0.286. The van der Waals surface area contributed by atoms with E-state index in [1.807, 2.05) is 0 Å². The maximum Gasteiger partial charge on any atom is 0.142 e. The van der Waals surface area contributed by atoms with Crippen molar-refractivity contribution in [1.29, 1.82) is 0 Å². The van der Waals surface area contributed by atoms with E-state index in [0.29, 0.717) is 5.82 Å². The predicted octanol–water partition coefficient (Wildman–Crippen LogP) is -0.116. The van der Waals surface area contributed by atoms with Crippen molar-refractivity contribution in [1.82, 2.24) is 4.98 Å². The van der Waals surface area contributed by atoms with Crippen molar-refractivity contribution in [3.63, 3.8) is 0 Å². The van der Waals surface area contributed by atoms with Crippen molar-refractivity contribution in [2.75, 3.05) is 12.1 Å². The Hall–Kier alpha value is -1.13. The van der Waals surface area contributed by atoms with E-state index in [0.717, 1.165) is 5.56 Å². The molecular formula is C7H11N3O. The average molecular weight is 153 g/mol. The Morgan fingerprint density at radius 2 is 2.45 bits per heavy atom. The molecule has 4 heteroatoms. The molecule has 1 aromatic heterocycles. The summed E-state index contributed by atoms with van der Waals surface area (Å²) >= 11 is 0. The molecule has 1 aromatic rings. The smallest absolute Gasteiger partial charge is 0.142 e. The normalized spacial score (nSPS) is 9.73. The first kappa shape index (κ1) is 7.97. The van der Waals surface area contributed by atoms with Gasteiger partial charge in [0.25, 0.3) is 0 Å². The van der Waals surface area contributed by atoms with Gasteiger partial charge in [0.1, 0.15) is 5.82 Å². The molecule has 0 fully saturated rings. The number of nitrogens with zero attached hydrogens (tertiary/aromatic N) is 2. The third kappa shape index (κ3) is 1.89. The molecule has 0 unspecified atom stereocenters. The molecule has 0 bridgehead atoms. The molecule has 0 aliphatic rings. The van der Waals surface area contributed by atoms with E-state index < -0.39 is 0 Å². The summed E-state index contributed by atoms with van der Waals surface area (Å²) in [6, 6.07) is 3.48. The number of hydrazine groups is 1. The fourth-order valence-corrected chi connectivity index (χ4v) is 0.752. The highest BCUT2D eigenvalue weighted by Gasteiger charge is 1.96. The zero-order valence-electron chi connectivity index (χ0n) is 6.36. The number of hydrogen-bond donors (Lipinski definition) is 2. The summed E-state index contributed by atoms with van der Waals surface area (Å²) in [5.74, 6) is 6.08. The van der Waals surface area contributed by atoms with Crippen molar-refractivity contribution >= 4 is 5.82 Å². The molecule has 0 radical (unpaired) electrons. The molecule has 0 aromatic carbocycles. The van der Waals surface area contributed by atoms with E-state index in [-0.39, 0.29) is 6.61 Å². The molecule has 1 rings (SSSR count). The van der Waals surface area contributed by atoms with Crippen molar-refractivity contribution in [3.05, 3.63) is 23.9 Å². The van der Waals surface area contributed by atoms with E-state index in [1.54, 1.807) is 25.4 Å². The van der Waals surface area contributed by atoms with Gasteiger partial charge in [0.2, 0.25) is 0 Å². The van der Waals surface area contributed by atoms with Gasteiger partial charge >= 0.3 is 0 Å². The summed E-state index contributed by atoms with van der Waals surface area (Å²) in [6.45, 7) is 0.0172. The maximum atomic E-state index is 8.76. The number of aliphatic hydroxyl groups is 1. The van der Waals surface area contributed by atoms with Gasteiger partial charge in [0.05, 0.1) is 6.61 Å². The quantitative estimate of drug-likeness (QED) is 0.459. The number of nitrogens with two attached hydrogens (primary N) is 1. The number of aromatic nitrogens is 1. The van der Waals surface area contributed by atoms with Gasteiger partial charge in [-0.15, -0.1) is 0 Å². The highest BCUT2D eigenvalue weighted by atomic mass is 16.3. The molecule has 0 spiro atoms. The second-order valence-corrected chi connectivity index (χ2v) is 2.29. The van der Waals surface area contributed by atoms with Crippen LogP contribution >= 0.6 is 0 Å². The van der Waals surface area contributed by atoms with Crippen molar-refractivity contribution in [2.24, 2.45) is 5.84 Å². The predicted molar refractivity (Wildman–Crippen MR) is 42.8 cm³/mol. The van der Waals surface area contributed by atoms with Crippen LogP contribution in [-0.4, -0.2) is 17.1 Å². The van der Waals surface area contributed by atoms with Crippen LogP contribution in [0.3, 0.4) is 0 Å². The van der Waals surface area contributed by atoms with Crippen LogP contribution in [0.25, 0.3) is 0 Å². The Morgan fingerprint density at radius 1 is 1.73 bits per heavy atom. The molecule has 1 heterocycles. The number of aliphatic hydroxyl groups excluding tert-OH is 1. The van der Waals surface area contributed by atoms with Crippen molar-refractivity contribution in [2.45, 2.75) is 6.61 Å². The van der Waals surface area contributed by atoms with Crippen LogP contribution < -0.4 is 10.9 Å². The van der Waals surface area contributed by atoms with Crippen molar-refractivity contribution < 1.29 is 5.11 Å². The Bertz CT molecular complexity index is 237. The van der Waals surface area contributed by atoms with Gasteiger partial charge in [-0.05, 0) is 17.7 Å².